The summed E-state index contributed by atoms with van der Waals surface area (Å²) in [4.78, 5) is 60.9. The Labute approximate surface area is 187 Å². The molecule has 0 heterocycles. The van der Waals surface area contributed by atoms with Gasteiger partial charge in [0, 0.05) is 18.8 Å². The van der Waals surface area contributed by atoms with E-state index in [4.69, 9.17) is 4.74 Å². The monoisotopic (exact) mass is 450 g/mol. The lowest BCUT2D eigenvalue weighted by molar-refractivity contribution is -0.163. The van der Waals surface area contributed by atoms with Crippen molar-refractivity contribution in [2.45, 2.75) is 38.8 Å². The quantitative estimate of drug-likeness (QED) is 0.288. The molecule has 1 rings (SSSR count). The van der Waals surface area contributed by atoms with Crippen LogP contribution in [0.15, 0.2) is 30.3 Å². The van der Waals surface area contributed by atoms with Gasteiger partial charge in [-0.25, -0.2) is 4.79 Å². The van der Waals surface area contributed by atoms with Crippen molar-refractivity contribution < 1.29 is 38.2 Å². The van der Waals surface area contributed by atoms with Crippen LogP contribution in [0.3, 0.4) is 0 Å². The molecule has 0 unspecified atom stereocenters. The standard InChI is InChI=1S/C22H30N2O8/c1-13(18(20(27)30-3)21(28)31-4)19(22(29)32-5)24-17(26)12-11-16(25)23-14(2)15-9-7-6-8-10-15/h6-10,13-14,18-19H,11-12H2,1-5H3,(H,23,25)(H,24,26)/t13-,14+,19-/m0/s1. The number of benzene rings is 1. The Morgan fingerprint density at radius 3 is 1.69 bits per heavy atom. The number of hydrogen-bond acceptors (Lipinski definition) is 8. The molecule has 0 bridgehead atoms. The summed E-state index contributed by atoms with van der Waals surface area (Å²) in [5.74, 6) is -6.14. The largest absolute Gasteiger partial charge is 0.468 e. The molecule has 0 spiro atoms. The van der Waals surface area contributed by atoms with Gasteiger partial charge in [-0.15, -0.1) is 0 Å². The number of carbonyl (C=O) groups is 5. The summed E-state index contributed by atoms with van der Waals surface area (Å²) in [6.45, 7) is 3.23. The second-order valence-corrected chi connectivity index (χ2v) is 7.15. The van der Waals surface area contributed by atoms with Crippen molar-refractivity contribution in [3.05, 3.63) is 35.9 Å². The Kier molecular flexibility index (Phi) is 10.9. The third-order valence-corrected chi connectivity index (χ3v) is 4.99. The van der Waals surface area contributed by atoms with Gasteiger partial charge in [0.15, 0.2) is 5.92 Å². The molecule has 0 fully saturated rings. The minimum absolute atomic E-state index is 0.122. The van der Waals surface area contributed by atoms with Crippen molar-refractivity contribution >= 4 is 29.7 Å². The summed E-state index contributed by atoms with van der Waals surface area (Å²) in [7, 11) is 3.29. The average Bonchev–Trinajstić information content (AvgIpc) is 2.80. The number of ether oxygens (including phenoxy) is 3. The van der Waals surface area contributed by atoms with E-state index in [1.807, 2.05) is 37.3 Å². The van der Waals surface area contributed by atoms with Gasteiger partial charge >= 0.3 is 17.9 Å². The summed E-state index contributed by atoms with van der Waals surface area (Å²) in [5.41, 5.74) is 0.918. The Morgan fingerprint density at radius 2 is 1.22 bits per heavy atom. The maximum Gasteiger partial charge on any atom is 0.328 e. The van der Waals surface area contributed by atoms with Crippen LogP contribution in [0.2, 0.25) is 0 Å². The number of carbonyl (C=O) groups excluding carboxylic acids is 5. The van der Waals surface area contributed by atoms with Crippen LogP contribution in [0.25, 0.3) is 0 Å². The number of hydrogen-bond donors (Lipinski definition) is 2. The Bertz CT molecular complexity index is 795. The van der Waals surface area contributed by atoms with Crippen molar-refractivity contribution in [3.63, 3.8) is 0 Å². The van der Waals surface area contributed by atoms with Gasteiger partial charge in [-0.3, -0.25) is 19.2 Å². The van der Waals surface area contributed by atoms with Gasteiger partial charge < -0.3 is 24.8 Å². The average molecular weight is 450 g/mol. The van der Waals surface area contributed by atoms with Gasteiger partial charge in [0.2, 0.25) is 11.8 Å². The second-order valence-electron chi connectivity index (χ2n) is 7.15. The lowest BCUT2D eigenvalue weighted by atomic mass is 9.87. The molecule has 32 heavy (non-hydrogen) atoms. The van der Waals surface area contributed by atoms with Gasteiger partial charge in [-0.1, -0.05) is 37.3 Å². The van der Waals surface area contributed by atoms with Gasteiger partial charge in [-0.05, 0) is 12.5 Å². The number of amides is 2. The first-order valence-corrected chi connectivity index (χ1v) is 10.0. The van der Waals surface area contributed by atoms with Gasteiger partial charge in [0.05, 0.1) is 27.4 Å². The van der Waals surface area contributed by atoms with E-state index in [0.29, 0.717) is 0 Å². The van der Waals surface area contributed by atoms with E-state index in [2.05, 4.69) is 20.1 Å². The summed E-state index contributed by atoms with van der Waals surface area (Å²) >= 11 is 0. The fourth-order valence-corrected chi connectivity index (χ4v) is 3.12. The molecule has 0 saturated carbocycles. The summed E-state index contributed by atoms with van der Waals surface area (Å²) in [6.07, 6.45) is -0.336. The minimum Gasteiger partial charge on any atom is -0.468 e. The van der Waals surface area contributed by atoms with Crippen LogP contribution < -0.4 is 10.6 Å². The first-order valence-electron chi connectivity index (χ1n) is 10.0. The fraction of sp³-hybridized carbons (Fsp3) is 0.500. The van der Waals surface area contributed by atoms with Crippen molar-refractivity contribution in [1.29, 1.82) is 0 Å². The molecular weight excluding hydrogens is 420 g/mol. The molecule has 1 aromatic rings. The van der Waals surface area contributed by atoms with E-state index in [-0.39, 0.29) is 24.8 Å². The molecule has 10 nitrogen and oxygen atoms in total. The molecular formula is C22H30N2O8. The molecule has 0 aromatic heterocycles. The van der Waals surface area contributed by atoms with Crippen molar-refractivity contribution in [3.8, 4) is 0 Å². The highest BCUT2D eigenvalue weighted by Gasteiger charge is 2.42. The minimum atomic E-state index is -1.45. The summed E-state index contributed by atoms with van der Waals surface area (Å²) in [6, 6.07) is 7.76. The third-order valence-electron chi connectivity index (χ3n) is 4.99. The normalized spacial score (nSPS) is 13.3. The highest BCUT2D eigenvalue weighted by molar-refractivity contribution is 5.96. The van der Waals surface area contributed by atoms with E-state index in [1.165, 1.54) is 6.92 Å². The predicted molar refractivity (Wildman–Crippen MR) is 113 cm³/mol. The van der Waals surface area contributed by atoms with E-state index >= 15 is 0 Å². The molecule has 1 aromatic carbocycles. The highest BCUT2D eigenvalue weighted by Crippen LogP contribution is 2.20. The van der Waals surface area contributed by atoms with Crippen molar-refractivity contribution in [2.75, 3.05) is 21.3 Å². The number of esters is 3. The molecule has 0 aliphatic carbocycles. The van der Waals surface area contributed by atoms with Gasteiger partial charge in [0.25, 0.3) is 0 Å². The van der Waals surface area contributed by atoms with Crippen molar-refractivity contribution in [2.24, 2.45) is 11.8 Å². The maximum atomic E-state index is 12.4. The smallest absolute Gasteiger partial charge is 0.328 e. The molecule has 3 atom stereocenters. The molecule has 0 aliphatic heterocycles. The Hall–Kier alpha value is -3.43. The maximum absolute atomic E-state index is 12.4. The van der Waals surface area contributed by atoms with Crippen LogP contribution in [-0.4, -0.2) is 57.1 Å². The SMILES string of the molecule is COC(=O)C(C(=O)OC)[C@H](C)[C@H](NC(=O)CCC(=O)N[C@H](C)c1ccccc1)C(=O)OC. The summed E-state index contributed by atoms with van der Waals surface area (Å²) < 4.78 is 13.9. The molecule has 176 valence electrons. The van der Waals surface area contributed by atoms with Crippen LogP contribution in [0.5, 0.6) is 0 Å². The zero-order valence-electron chi connectivity index (χ0n) is 18.9. The van der Waals surface area contributed by atoms with Gasteiger partial charge in [-0.2, -0.15) is 0 Å². The number of methoxy groups -OCH3 is 3. The van der Waals surface area contributed by atoms with Crippen LogP contribution in [0.1, 0.15) is 38.3 Å². The van der Waals surface area contributed by atoms with Crippen LogP contribution >= 0.6 is 0 Å². The third kappa shape index (κ3) is 7.68. The lowest BCUT2D eigenvalue weighted by Crippen LogP contribution is -2.51. The topological polar surface area (TPSA) is 137 Å². The number of nitrogens with one attached hydrogen (secondary N) is 2. The van der Waals surface area contributed by atoms with E-state index in [0.717, 1.165) is 26.9 Å². The zero-order chi connectivity index (χ0) is 24.3. The molecule has 2 N–H and O–H groups in total. The second kappa shape index (κ2) is 13.1. The van der Waals surface area contributed by atoms with Crippen LogP contribution in [-0.2, 0) is 38.2 Å². The highest BCUT2D eigenvalue weighted by atomic mass is 16.5. The summed E-state index contributed by atoms with van der Waals surface area (Å²) in [5, 5.41) is 5.23. The van der Waals surface area contributed by atoms with E-state index < -0.39 is 41.7 Å². The molecule has 2 amide bonds. The molecule has 0 radical (unpaired) electrons. The van der Waals surface area contributed by atoms with Crippen LogP contribution in [0, 0.1) is 11.8 Å². The van der Waals surface area contributed by atoms with Crippen LogP contribution in [0.4, 0.5) is 0 Å². The van der Waals surface area contributed by atoms with E-state index in [1.54, 1.807) is 0 Å². The van der Waals surface area contributed by atoms with Crippen molar-refractivity contribution in [1.82, 2.24) is 10.6 Å². The molecule has 0 aliphatic rings. The van der Waals surface area contributed by atoms with E-state index in [9.17, 15) is 24.0 Å². The predicted octanol–water partition coefficient (Wildman–Crippen LogP) is 0.900. The number of rotatable bonds is 11. The molecule has 0 saturated heterocycles. The molecule has 10 heteroatoms. The Balaban J connectivity index is 2.77. The van der Waals surface area contributed by atoms with Gasteiger partial charge in [0.1, 0.15) is 6.04 Å². The fourth-order valence-electron chi connectivity index (χ4n) is 3.12. The first kappa shape index (κ1) is 26.6. The Morgan fingerprint density at radius 1 is 0.750 bits per heavy atom. The lowest BCUT2D eigenvalue weighted by Gasteiger charge is -2.27. The zero-order valence-corrected chi connectivity index (χ0v) is 18.9. The first-order chi connectivity index (χ1) is 15.2.